The Morgan fingerprint density at radius 3 is 2.73 bits per heavy atom. The lowest BCUT2D eigenvalue weighted by atomic mass is 9.97. The Hall–Kier alpha value is -2.98. The van der Waals surface area contributed by atoms with Crippen molar-refractivity contribution in [3.8, 4) is 0 Å². The van der Waals surface area contributed by atoms with E-state index in [1.807, 2.05) is 0 Å². The van der Waals surface area contributed by atoms with Crippen LogP contribution in [-0.2, 0) is 16.1 Å². The number of rotatable bonds is 6. The maximum atomic E-state index is 13.0. The molecule has 2 aliphatic rings. The number of nitrogens with zero attached hydrogens (tertiary/aromatic N) is 4. The molecule has 9 nitrogen and oxygen atoms in total. The van der Waals surface area contributed by atoms with Gasteiger partial charge in [0.15, 0.2) is 10.8 Å². The quantitative estimate of drug-likeness (QED) is 0.554. The van der Waals surface area contributed by atoms with Crippen LogP contribution in [0.15, 0.2) is 35.4 Å². The third-order valence-corrected chi connectivity index (χ3v) is 7.15. The number of nitrogens with one attached hydrogen (secondary N) is 2. The molecule has 11 heteroatoms. The van der Waals surface area contributed by atoms with Gasteiger partial charge in [-0.2, -0.15) is 4.98 Å². The van der Waals surface area contributed by atoms with Gasteiger partial charge >= 0.3 is 0 Å². The van der Waals surface area contributed by atoms with Gasteiger partial charge in [-0.25, -0.2) is 4.98 Å². The Morgan fingerprint density at radius 1 is 1.18 bits per heavy atom. The first-order chi connectivity index (χ1) is 16.0. The van der Waals surface area contributed by atoms with E-state index in [2.05, 4.69) is 25.5 Å². The van der Waals surface area contributed by atoms with Crippen molar-refractivity contribution in [2.45, 2.75) is 38.3 Å². The minimum absolute atomic E-state index is 0.0763. The minimum Gasteiger partial charge on any atom is -0.353 e. The average Bonchev–Trinajstić information content (AvgIpc) is 3.51. The highest BCUT2D eigenvalue weighted by Gasteiger charge is 2.31. The lowest BCUT2D eigenvalue weighted by Gasteiger charge is -2.31. The number of amides is 2. The molecule has 172 valence electrons. The Morgan fingerprint density at radius 2 is 1.97 bits per heavy atom. The van der Waals surface area contributed by atoms with Gasteiger partial charge in [-0.3, -0.25) is 19.0 Å². The fourth-order valence-corrected chi connectivity index (χ4v) is 5.01. The molecule has 0 bridgehead atoms. The largest absolute Gasteiger partial charge is 0.353 e. The van der Waals surface area contributed by atoms with Crippen LogP contribution in [-0.4, -0.2) is 45.5 Å². The number of hydrogen-bond acceptors (Lipinski definition) is 7. The van der Waals surface area contributed by atoms with E-state index in [4.69, 9.17) is 11.6 Å². The third-order valence-electron chi connectivity index (χ3n) is 5.80. The highest BCUT2D eigenvalue weighted by molar-refractivity contribution is 7.22. The molecule has 1 aliphatic carbocycles. The summed E-state index contributed by atoms with van der Waals surface area (Å²) in [6.07, 6.45) is 5.22. The lowest BCUT2D eigenvalue weighted by Crippen LogP contribution is -2.43. The van der Waals surface area contributed by atoms with E-state index in [1.54, 1.807) is 24.3 Å². The Bertz CT molecular complexity index is 1250. The predicted octanol–water partition coefficient (Wildman–Crippen LogP) is 2.64. The molecule has 3 heterocycles. The van der Waals surface area contributed by atoms with Crippen molar-refractivity contribution < 1.29 is 9.59 Å². The van der Waals surface area contributed by atoms with E-state index in [-0.39, 0.29) is 29.8 Å². The number of piperidine rings is 1. The Labute approximate surface area is 198 Å². The summed E-state index contributed by atoms with van der Waals surface area (Å²) in [5, 5.41) is 7.08. The number of anilines is 2. The van der Waals surface area contributed by atoms with Crippen molar-refractivity contribution in [3.63, 3.8) is 0 Å². The van der Waals surface area contributed by atoms with Crippen molar-refractivity contribution in [2.75, 3.05) is 23.3 Å². The van der Waals surface area contributed by atoms with Gasteiger partial charge in [0.25, 0.3) is 5.56 Å². The molecular weight excluding hydrogens is 464 g/mol. The second-order valence-electron chi connectivity index (χ2n) is 8.45. The van der Waals surface area contributed by atoms with Crippen LogP contribution in [0.2, 0.25) is 5.02 Å². The van der Waals surface area contributed by atoms with Crippen molar-refractivity contribution in [2.24, 2.45) is 5.92 Å². The van der Waals surface area contributed by atoms with Crippen LogP contribution in [0.5, 0.6) is 0 Å². The van der Waals surface area contributed by atoms with E-state index >= 15 is 0 Å². The van der Waals surface area contributed by atoms with Crippen molar-refractivity contribution in [1.82, 2.24) is 19.9 Å². The zero-order valence-corrected chi connectivity index (χ0v) is 19.4. The van der Waals surface area contributed by atoms with Crippen molar-refractivity contribution >= 4 is 55.9 Å². The molecule has 1 aliphatic heterocycles. The van der Waals surface area contributed by atoms with Crippen LogP contribution in [0.4, 0.5) is 10.8 Å². The molecule has 0 spiro atoms. The minimum atomic E-state index is -0.342. The molecule has 5 rings (SSSR count). The highest BCUT2D eigenvalue weighted by atomic mass is 35.5. The van der Waals surface area contributed by atoms with E-state index in [0.717, 1.165) is 32.2 Å². The molecule has 2 fully saturated rings. The zero-order valence-electron chi connectivity index (χ0n) is 17.8. The number of benzene rings is 1. The number of carbonyl (C=O) groups is 2. The van der Waals surface area contributed by atoms with E-state index in [0.29, 0.717) is 38.8 Å². The van der Waals surface area contributed by atoms with E-state index in [1.165, 1.54) is 22.2 Å². The van der Waals surface area contributed by atoms with Gasteiger partial charge < -0.3 is 15.5 Å². The number of aromatic nitrogens is 3. The van der Waals surface area contributed by atoms with E-state index < -0.39 is 0 Å². The number of carbonyl (C=O) groups excluding carboxylic acids is 2. The first-order valence-corrected chi connectivity index (χ1v) is 12.1. The first-order valence-electron chi connectivity index (χ1n) is 10.9. The summed E-state index contributed by atoms with van der Waals surface area (Å²) in [6.45, 7) is 1.20. The normalized spacial score (nSPS) is 18.3. The standard InChI is InChI=1S/C22H23ClN6O3S/c23-14-3-5-15(6-4-14)25-17(30)11-29-12-24-19-18(21(29)32)33-22(27-19)28-9-1-2-13(10-28)20(31)26-16-7-8-16/h3-6,12-13,16H,1-2,7-11H2,(H,25,30)(H,26,31)/t13-/m0/s1. The molecule has 1 aromatic carbocycles. The first kappa shape index (κ1) is 21.8. The summed E-state index contributed by atoms with van der Waals surface area (Å²) in [7, 11) is 0. The molecular formula is C22H23ClN6O3S. The molecule has 1 atom stereocenters. The van der Waals surface area contributed by atoms with Crippen molar-refractivity contribution in [3.05, 3.63) is 46.0 Å². The summed E-state index contributed by atoms with van der Waals surface area (Å²) < 4.78 is 1.67. The van der Waals surface area contributed by atoms with Crippen LogP contribution in [0.25, 0.3) is 10.3 Å². The average molecular weight is 487 g/mol. The zero-order chi connectivity index (χ0) is 22.9. The van der Waals surface area contributed by atoms with Gasteiger partial charge in [0.1, 0.15) is 17.6 Å². The van der Waals surface area contributed by atoms with Gasteiger partial charge in [-0.15, -0.1) is 0 Å². The summed E-state index contributed by atoms with van der Waals surface area (Å²) in [4.78, 5) is 48.7. The van der Waals surface area contributed by atoms with Crippen molar-refractivity contribution in [1.29, 1.82) is 0 Å². The van der Waals surface area contributed by atoms with Gasteiger partial charge in [-0.05, 0) is 49.9 Å². The van der Waals surface area contributed by atoms with Crippen LogP contribution in [0.1, 0.15) is 25.7 Å². The lowest BCUT2D eigenvalue weighted by molar-refractivity contribution is -0.125. The third kappa shape index (κ3) is 5.01. The topological polar surface area (TPSA) is 109 Å². The fraction of sp³-hybridized carbons (Fsp3) is 0.409. The van der Waals surface area contributed by atoms with Crippen LogP contribution in [0.3, 0.4) is 0 Å². The molecule has 1 saturated carbocycles. The molecule has 3 aromatic rings. The molecule has 2 N–H and O–H groups in total. The highest BCUT2D eigenvalue weighted by Crippen LogP contribution is 2.30. The summed E-state index contributed by atoms with van der Waals surface area (Å²) in [6, 6.07) is 7.08. The summed E-state index contributed by atoms with van der Waals surface area (Å²) in [5.41, 5.74) is 0.644. The molecule has 0 unspecified atom stereocenters. The molecule has 1 saturated heterocycles. The van der Waals surface area contributed by atoms with Gasteiger partial charge in [0.2, 0.25) is 11.8 Å². The molecule has 2 amide bonds. The van der Waals surface area contributed by atoms with Crippen LogP contribution in [0, 0.1) is 5.92 Å². The maximum Gasteiger partial charge on any atom is 0.273 e. The van der Waals surface area contributed by atoms with Gasteiger partial charge in [-0.1, -0.05) is 22.9 Å². The van der Waals surface area contributed by atoms with E-state index in [9.17, 15) is 14.4 Å². The molecule has 33 heavy (non-hydrogen) atoms. The van der Waals surface area contributed by atoms with Gasteiger partial charge in [0.05, 0.1) is 5.92 Å². The SMILES string of the molecule is O=C(Cn1cnc2nc(N3CCC[C@H](C(=O)NC4CC4)C3)sc2c1=O)Nc1ccc(Cl)cc1. The van der Waals surface area contributed by atoms with Crippen LogP contribution < -0.4 is 21.1 Å². The van der Waals surface area contributed by atoms with Crippen LogP contribution >= 0.6 is 22.9 Å². The smallest absolute Gasteiger partial charge is 0.273 e. The monoisotopic (exact) mass is 486 g/mol. The van der Waals surface area contributed by atoms with Gasteiger partial charge in [0, 0.05) is 29.8 Å². The Kier molecular flexibility index (Phi) is 6.03. The number of halogens is 1. The number of thiazole rings is 1. The number of fused-ring (bicyclic) bond motifs is 1. The molecule has 2 aromatic heterocycles. The fourth-order valence-electron chi connectivity index (χ4n) is 3.88. The second kappa shape index (κ2) is 9.11. The summed E-state index contributed by atoms with van der Waals surface area (Å²) >= 11 is 7.12. The summed E-state index contributed by atoms with van der Waals surface area (Å²) in [5.74, 6) is -0.311. The Balaban J connectivity index is 1.29. The number of hydrogen-bond donors (Lipinski definition) is 2. The molecule has 0 radical (unpaired) electrons. The maximum absolute atomic E-state index is 13.0. The second-order valence-corrected chi connectivity index (χ2v) is 9.86. The predicted molar refractivity (Wildman–Crippen MR) is 128 cm³/mol.